The molecule has 0 aromatic carbocycles. The first-order valence-corrected chi connectivity index (χ1v) is 8.31. The largest absolute Gasteiger partial charge is 0.741 e. The van der Waals surface area contributed by atoms with Gasteiger partial charge in [-0.05, 0) is 0 Å². The van der Waals surface area contributed by atoms with E-state index in [0.29, 0.717) is 0 Å². The molecule has 0 aliphatic carbocycles. The number of rotatable bonds is 2. The first-order chi connectivity index (χ1) is 10.1. The highest BCUT2D eigenvalue weighted by Crippen LogP contribution is 2.29. The van der Waals surface area contributed by atoms with Gasteiger partial charge in [0.2, 0.25) is 0 Å². The number of nitrogens with zero attached hydrogens (tertiary/aromatic N) is 3. The SMILES string of the molecule is C[n+]1ccn(S(=O)(=O)N2CC(F)(F)C2)c1.O=S(=O)([O-])C(F)(F)F. The van der Waals surface area contributed by atoms with Crippen LogP contribution in [-0.4, -0.2) is 54.2 Å². The predicted octanol–water partition coefficient (Wildman–Crippen LogP) is -0.592. The molecule has 2 heterocycles. The summed E-state index contributed by atoms with van der Waals surface area (Å²) in [5.74, 6) is -2.89. The van der Waals surface area contributed by atoms with E-state index in [1.165, 1.54) is 23.3 Å². The molecule has 23 heavy (non-hydrogen) atoms. The molecule has 1 saturated heterocycles. The highest BCUT2D eigenvalue weighted by atomic mass is 32.2. The average Bonchev–Trinajstić information content (AvgIpc) is 2.71. The van der Waals surface area contributed by atoms with Crippen LogP contribution in [0.3, 0.4) is 0 Å². The second-order valence-electron chi connectivity index (χ2n) is 4.44. The van der Waals surface area contributed by atoms with E-state index in [9.17, 15) is 30.4 Å². The standard InChI is InChI=1S/C7H10F2N3O2S.CHF3O3S/c1-10-2-3-11(6-10)15(13,14)12-4-7(8,9)5-12;2-1(3,4)8(5,6)7/h2-3,6H,4-5H2,1H3;(H,5,6,7)/q+1;/p-1. The molecule has 1 aliphatic heterocycles. The van der Waals surface area contributed by atoms with Gasteiger partial charge >= 0.3 is 15.7 Å². The Morgan fingerprint density at radius 3 is 1.87 bits per heavy atom. The molecule has 1 fully saturated rings. The molecular formula is C8H10F5N3O5S2. The van der Waals surface area contributed by atoms with Gasteiger partial charge in [0.25, 0.3) is 12.2 Å². The van der Waals surface area contributed by atoms with Crippen LogP contribution < -0.4 is 4.57 Å². The summed E-state index contributed by atoms with van der Waals surface area (Å²) in [4.78, 5) is 0. The number of hydrogen-bond donors (Lipinski definition) is 0. The van der Waals surface area contributed by atoms with Gasteiger partial charge in [-0.2, -0.15) is 25.9 Å². The van der Waals surface area contributed by atoms with Crippen LogP contribution in [-0.2, 0) is 27.4 Å². The molecule has 2 rings (SSSR count). The number of aryl methyl sites for hydroxylation is 1. The van der Waals surface area contributed by atoms with E-state index in [1.807, 2.05) is 0 Å². The van der Waals surface area contributed by atoms with Crippen molar-refractivity contribution < 1.29 is 47.9 Å². The molecule has 134 valence electrons. The third-order valence-electron chi connectivity index (χ3n) is 2.44. The number of imidazole rings is 1. The molecule has 1 aromatic heterocycles. The normalized spacial score (nSPS) is 18.7. The van der Waals surface area contributed by atoms with E-state index in [-0.39, 0.29) is 0 Å². The molecular weight excluding hydrogens is 377 g/mol. The van der Waals surface area contributed by atoms with Crippen molar-refractivity contribution >= 4 is 20.3 Å². The Bertz CT molecular complexity index is 762. The molecule has 8 nitrogen and oxygen atoms in total. The van der Waals surface area contributed by atoms with E-state index < -0.39 is 44.8 Å². The maximum Gasteiger partial charge on any atom is 0.485 e. The fourth-order valence-electron chi connectivity index (χ4n) is 1.33. The molecule has 1 aromatic rings. The second-order valence-corrected chi connectivity index (χ2v) is 7.65. The number of halogens is 5. The molecule has 1 aliphatic rings. The molecule has 15 heteroatoms. The summed E-state index contributed by atoms with van der Waals surface area (Å²) in [5, 5.41) is 0. The first-order valence-electron chi connectivity index (χ1n) is 5.50. The number of aromatic nitrogens is 2. The lowest BCUT2D eigenvalue weighted by atomic mass is 10.2. The zero-order chi connectivity index (χ0) is 18.3. The van der Waals surface area contributed by atoms with E-state index in [1.54, 1.807) is 7.05 Å². The van der Waals surface area contributed by atoms with Crippen molar-refractivity contribution in [1.82, 2.24) is 8.28 Å². The molecule has 0 bridgehead atoms. The van der Waals surface area contributed by atoms with Crippen LogP contribution >= 0.6 is 0 Å². The quantitative estimate of drug-likeness (QED) is 0.292. The van der Waals surface area contributed by atoms with Gasteiger partial charge in [0.05, 0.1) is 20.1 Å². The molecule has 0 spiro atoms. The molecule has 0 unspecified atom stereocenters. The van der Waals surface area contributed by atoms with Crippen molar-refractivity contribution in [3.05, 3.63) is 18.7 Å². The summed E-state index contributed by atoms with van der Waals surface area (Å²) in [5.41, 5.74) is -5.65. The Morgan fingerprint density at radius 1 is 1.17 bits per heavy atom. The molecule has 0 N–H and O–H groups in total. The monoisotopic (exact) mass is 387 g/mol. The summed E-state index contributed by atoms with van der Waals surface area (Å²) in [7, 11) is -8.24. The van der Waals surface area contributed by atoms with Crippen molar-refractivity contribution in [2.24, 2.45) is 7.05 Å². The number of hydrogen-bond acceptors (Lipinski definition) is 5. The summed E-state index contributed by atoms with van der Waals surface area (Å²) < 4.78 is 110. The lowest BCUT2D eigenvalue weighted by molar-refractivity contribution is -0.670. The summed E-state index contributed by atoms with van der Waals surface area (Å²) in [6.45, 7) is -1.48. The third kappa shape index (κ3) is 4.82. The molecule has 0 saturated carbocycles. The van der Waals surface area contributed by atoms with Crippen molar-refractivity contribution in [2.45, 2.75) is 11.4 Å². The van der Waals surface area contributed by atoms with Crippen LogP contribution in [0.1, 0.15) is 0 Å². The van der Waals surface area contributed by atoms with Crippen LogP contribution in [0.15, 0.2) is 18.7 Å². The highest BCUT2D eigenvalue weighted by molar-refractivity contribution is 7.87. The van der Waals surface area contributed by atoms with Gasteiger partial charge in [-0.25, -0.2) is 21.8 Å². The fraction of sp³-hybridized carbons (Fsp3) is 0.625. The van der Waals surface area contributed by atoms with Crippen LogP contribution in [0, 0.1) is 0 Å². The van der Waals surface area contributed by atoms with Crippen molar-refractivity contribution in [3.63, 3.8) is 0 Å². The average molecular weight is 387 g/mol. The van der Waals surface area contributed by atoms with Crippen molar-refractivity contribution in [2.75, 3.05) is 13.1 Å². The topological polar surface area (TPSA) is 103 Å². The Labute approximate surface area is 127 Å². The van der Waals surface area contributed by atoms with Crippen molar-refractivity contribution in [3.8, 4) is 0 Å². The Kier molecular flexibility index (Phi) is 5.11. The Morgan fingerprint density at radius 2 is 1.61 bits per heavy atom. The minimum Gasteiger partial charge on any atom is -0.741 e. The lowest BCUT2D eigenvalue weighted by Gasteiger charge is -2.35. The van der Waals surface area contributed by atoms with Crippen LogP contribution in [0.4, 0.5) is 22.0 Å². The summed E-state index contributed by atoms with van der Waals surface area (Å²) in [6, 6.07) is 0. The lowest BCUT2D eigenvalue weighted by Crippen LogP contribution is -2.59. The minimum atomic E-state index is -6.09. The van der Waals surface area contributed by atoms with Crippen LogP contribution in [0.25, 0.3) is 0 Å². The van der Waals surface area contributed by atoms with E-state index in [2.05, 4.69) is 0 Å². The smallest absolute Gasteiger partial charge is 0.485 e. The van der Waals surface area contributed by atoms with Crippen molar-refractivity contribution in [1.29, 1.82) is 0 Å². The van der Waals surface area contributed by atoms with E-state index in [0.717, 1.165) is 8.28 Å². The van der Waals surface area contributed by atoms with E-state index in [4.69, 9.17) is 13.0 Å². The number of alkyl halides is 5. The van der Waals surface area contributed by atoms with Crippen LogP contribution in [0.2, 0.25) is 0 Å². The second kappa shape index (κ2) is 5.95. The van der Waals surface area contributed by atoms with Gasteiger partial charge in [0.1, 0.15) is 12.4 Å². The zero-order valence-electron chi connectivity index (χ0n) is 11.2. The maximum absolute atomic E-state index is 12.5. The fourth-order valence-corrected chi connectivity index (χ4v) is 2.78. The predicted molar refractivity (Wildman–Crippen MR) is 62.2 cm³/mol. The van der Waals surface area contributed by atoms with Gasteiger partial charge in [-0.15, -0.1) is 3.97 Å². The van der Waals surface area contributed by atoms with Gasteiger partial charge in [-0.3, -0.25) is 0 Å². The summed E-state index contributed by atoms with van der Waals surface area (Å²) >= 11 is 0. The minimum absolute atomic E-state index is 0.739. The summed E-state index contributed by atoms with van der Waals surface area (Å²) in [6.07, 6.45) is 4.15. The molecule has 0 amide bonds. The molecule has 0 radical (unpaired) electrons. The van der Waals surface area contributed by atoms with Gasteiger partial charge in [0.15, 0.2) is 10.1 Å². The molecule has 0 atom stereocenters. The third-order valence-corrected chi connectivity index (χ3v) is 4.66. The zero-order valence-corrected chi connectivity index (χ0v) is 12.9. The Hall–Kier alpha value is -1.32. The van der Waals surface area contributed by atoms with Gasteiger partial charge < -0.3 is 4.55 Å². The van der Waals surface area contributed by atoms with Gasteiger partial charge in [-0.1, -0.05) is 0 Å². The van der Waals surface area contributed by atoms with E-state index >= 15 is 0 Å². The maximum atomic E-state index is 12.5. The van der Waals surface area contributed by atoms with Gasteiger partial charge in [0, 0.05) is 0 Å². The highest BCUT2D eigenvalue weighted by Gasteiger charge is 2.51. The Balaban J connectivity index is 0.000000284. The first kappa shape index (κ1) is 19.7. The van der Waals surface area contributed by atoms with Crippen LogP contribution in [0.5, 0.6) is 0 Å².